The summed E-state index contributed by atoms with van der Waals surface area (Å²) in [5.74, 6) is 0.645. The zero-order valence-corrected chi connectivity index (χ0v) is 13.2. The number of hydrogen-bond donors (Lipinski definition) is 1. The molecule has 2 aromatic carbocycles. The largest absolute Gasteiger partial charge is 0.497 e. The Labute approximate surface area is 127 Å². The van der Waals surface area contributed by atoms with E-state index in [1.807, 2.05) is 44.2 Å². The van der Waals surface area contributed by atoms with E-state index in [0.717, 1.165) is 27.0 Å². The van der Waals surface area contributed by atoms with E-state index in [2.05, 4.69) is 21.2 Å². The van der Waals surface area contributed by atoms with Crippen molar-refractivity contribution >= 4 is 27.5 Å². The second-order valence-corrected chi connectivity index (χ2v) is 5.36. The van der Waals surface area contributed by atoms with Gasteiger partial charge in [0.05, 0.1) is 12.7 Å². The van der Waals surface area contributed by atoms with Crippen LogP contribution in [0, 0.1) is 13.8 Å². The van der Waals surface area contributed by atoms with Crippen molar-refractivity contribution in [2.75, 3.05) is 12.4 Å². The summed E-state index contributed by atoms with van der Waals surface area (Å²) >= 11 is 3.45. The standard InChI is InChI=1S/C16H16BrNO2/c1-10-5-4-6-13(15(10)17)16(19)18-14-8-7-12(20-3)9-11(14)2/h4-9H,1-3H3,(H,18,19). The number of nitrogens with one attached hydrogen (secondary N) is 1. The molecular weight excluding hydrogens is 318 g/mol. The zero-order chi connectivity index (χ0) is 14.7. The van der Waals surface area contributed by atoms with Crippen LogP contribution in [0.5, 0.6) is 5.75 Å². The van der Waals surface area contributed by atoms with Gasteiger partial charge in [-0.2, -0.15) is 0 Å². The first-order valence-corrected chi connectivity index (χ1v) is 7.03. The number of carbonyl (C=O) groups excluding carboxylic acids is 1. The molecule has 20 heavy (non-hydrogen) atoms. The van der Waals surface area contributed by atoms with Gasteiger partial charge in [0.15, 0.2) is 0 Å². The number of ether oxygens (including phenoxy) is 1. The van der Waals surface area contributed by atoms with Crippen LogP contribution < -0.4 is 10.1 Å². The lowest BCUT2D eigenvalue weighted by molar-refractivity contribution is 0.102. The molecule has 0 bridgehead atoms. The summed E-state index contributed by atoms with van der Waals surface area (Å²) < 4.78 is 5.98. The molecule has 0 unspecified atom stereocenters. The SMILES string of the molecule is COc1ccc(NC(=O)c2cccc(C)c2Br)c(C)c1. The predicted octanol–water partition coefficient (Wildman–Crippen LogP) is 4.33. The molecule has 0 heterocycles. The highest BCUT2D eigenvalue weighted by Gasteiger charge is 2.12. The van der Waals surface area contributed by atoms with Crippen molar-refractivity contribution in [3.8, 4) is 5.75 Å². The van der Waals surface area contributed by atoms with Crippen molar-refractivity contribution in [2.24, 2.45) is 0 Å². The maximum Gasteiger partial charge on any atom is 0.256 e. The lowest BCUT2D eigenvalue weighted by Gasteiger charge is -2.11. The van der Waals surface area contributed by atoms with E-state index >= 15 is 0 Å². The zero-order valence-electron chi connectivity index (χ0n) is 11.7. The third-order valence-corrected chi connectivity index (χ3v) is 4.17. The Morgan fingerprint density at radius 2 is 1.90 bits per heavy atom. The van der Waals surface area contributed by atoms with Gasteiger partial charge in [0, 0.05) is 10.2 Å². The fraction of sp³-hybridized carbons (Fsp3) is 0.188. The molecule has 0 aromatic heterocycles. The van der Waals surface area contributed by atoms with E-state index < -0.39 is 0 Å². The Hall–Kier alpha value is -1.81. The fourth-order valence-electron chi connectivity index (χ4n) is 1.92. The molecule has 0 spiro atoms. The first-order chi connectivity index (χ1) is 9.52. The van der Waals surface area contributed by atoms with Crippen molar-refractivity contribution in [2.45, 2.75) is 13.8 Å². The molecule has 4 heteroatoms. The maximum absolute atomic E-state index is 12.3. The topological polar surface area (TPSA) is 38.3 Å². The minimum absolute atomic E-state index is 0.131. The maximum atomic E-state index is 12.3. The van der Waals surface area contributed by atoms with Crippen LogP contribution in [0.1, 0.15) is 21.5 Å². The lowest BCUT2D eigenvalue weighted by Crippen LogP contribution is -2.13. The molecule has 2 rings (SSSR count). The summed E-state index contributed by atoms with van der Waals surface area (Å²) in [5.41, 5.74) is 3.40. The van der Waals surface area contributed by atoms with E-state index in [9.17, 15) is 4.79 Å². The Kier molecular flexibility index (Phi) is 4.45. The van der Waals surface area contributed by atoms with Crippen LogP contribution in [0.25, 0.3) is 0 Å². The van der Waals surface area contributed by atoms with E-state index in [1.165, 1.54) is 0 Å². The van der Waals surface area contributed by atoms with Gasteiger partial charge in [-0.15, -0.1) is 0 Å². The summed E-state index contributed by atoms with van der Waals surface area (Å²) in [6.45, 7) is 3.89. The molecule has 0 aliphatic rings. The van der Waals surface area contributed by atoms with Gasteiger partial charge in [0.25, 0.3) is 5.91 Å². The number of aryl methyl sites for hydroxylation is 2. The third-order valence-electron chi connectivity index (χ3n) is 3.12. The van der Waals surface area contributed by atoms with Crippen LogP contribution in [0.4, 0.5) is 5.69 Å². The normalized spacial score (nSPS) is 10.2. The molecule has 0 aliphatic heterocycles. The lowest BCUT2D eigenvalue weighted by atomic mass is 10.1. The Morgan fingerprint density at radius 3 is 2.55 bits per heavy atom. The van der Waals surface area contributed by atoms with Crippen molar-refractivity contribution in [3.63, 3.8) is 0 Å². The Bertz CT molecular complexity index is 653. The molecule has 104 valence electrons. The van der Waals surface area contributed by atoms with Gasteiger partial charge < -0.3 is 10.1 Å². The van der Waals surface area contributed by atoms with Gasteiger partial charge in [-0.25, -0.2) is 0 Å². The smallest absolute Gasteiger partial charge is 0.256 e. The summed E-state index contributed by atoms with van der Waals surface area (Å²) in [7, 11) is 1.62. The average molecular weight is 334 g/mol. The van der Waals surface area contributed by atoms with Crippen LogP contribution in [-0.2, 0) is 0 Å². The van der Waals surface area contributed by atoms with Crippen molar-refractivity contribution in [1.82, 2.24) is 0 Å². The van der Waals surface area contributed by atoms with E-state index in [4.69, 9.17) is 4.74 Å². The monoisotopic (exact) mass is 333 g/mol. The molecule has 0 aliphatic carbocycles. The minimum atomic E-state index is -0.131. The molecule has 1 amide bonds. The van der Waals surface area contributed by atoms with Gasteiger partial charge in [0.1, 0.15) is 5.75 Å². The average Bonchev–Trinajstić information content (AvgIpc) is 2.44. The molecule has 0 atom stereocenters. The molecule has 0 saturated heterocycles. The molecule has 3 nitrogen and oxygen atoms in total. The van der Waals surface area contributed by atoms with Crippen LogP contribution in [0.3, 0.4) is 0 Å². The Balaban J connectivity index is 2.26. The van der Waals surface area contributed by atoms with Gasteiger partial charge in [0.2, 0.25) is 0 Å². The second-order valence-electron chi connectivity index (χ2n) is 4.57. The number of halogens is 1. The Morgan fingerprint density at radius 1 is 1.15 bits per heavy atom. The summed E-state index contributed by atoms with van der Waals surface area (Å²) in [6, 6.07) is 11.2. The molecule has 0 saturated carbocycles. The molecule has 0 radical (unpaired) electrons. The second kappa shape index (κ2) is 6.09. The van der Waals surface area contributed by atoms with Crippen LogP contribution in [0.2, 0.25) is 0 Å². The van der Waals surface area contributed by atoms with Gasteiger partial charge in [-0.1, -0.05) is 12.1 Å². The molecule has 1 N–H and O–H groups in total. The van der Waals surface area contributed by atoms with Crippen LogP contribution >= 0.6 is 15.9 Å². The summed E-state index contributed by atoms with van der Waals surface area (Å²) in [5, 5.41) is 2.92. The number of amides is 1. The highest BCUT2D eigenvalue weighted by Crippen LogP contribution is 2.24. The van der Waals surface area contributed by atoms with E-state index in [1.54, 1.807) is 13.2 Å². The van der Waals surface area contributed by atoms with Crippen molar-refractivity contribution in [3.05, 3.63) is 57.6 Å². The number of anilines is 1. The molecule has 0 fully saturated rings. The summed E-state index contributed by atoms with van der Waals surface area (Å²) in [6.07, 6.45) is 0. The number of methoxy groups -OCH3 is 1. The van der Waals surface area contributed by atoms with Gasteiger partial charge in [-0.3, -0.25) is 4.79 Å². The van der Waals surface area contributed by atoms with Crippen molar-refractivity contribution < 1.29 is 9.53 Å². The first-order valence-electron chi connectivity index (χ1n) is 6.24. The van der Waals surface area contributed by atoms with Gasteiger partial charge >= 0.3 is 0 Å². The van der Waals surface area contributed by atoms with E-state index in [0.29, 0.717) is 5.56 Å². The van der Waals surface area contributed by atoms with Gasteiger partial charge in [-0.05, 0) is 65.2 Å². The highest BCUT2D eigenvalue weighted by atomic mass is 79.9. The van der Waals surface area contributed by atoms with Crippen LogP contribution in [0.15, 0.2) is 40.9 Å². The fourth-order valence-corrected chi connectivity index (χ4v) is 2.36. The highest BCUT2D eigenvalue weighted by molar-refractivity contribution is 9.10. The van der Waals surface area contributed by atoms with Crippen LogP contribution in [-0.4, -0.2) is 13.0 Å². The summed E-state index contributed by atoms with van der Waals surface area (Å²) in [4.78, 5) is 12.3. The number of hydrogen-bond acceptors (Lipinski definition) is 2. The number of carbonyl (C=O) groups is 1. The number of rotatable bonds is 3. The molecular formula is C16H16BrNO2. The predicted molar refractivity (Wildman–Crippen MR) is 84.6 cm³/mol. The quantitative estimate of drug-likeness (QED) is 0.907. The molecule has 2 aromatic rings. The minimum Gasteiger partial charge on any atom is -0.497 e. The van der Waals surface area contributed by atoms with E-state index in [-0.39, 0.29) is 5.91 Å². The first kappa shape index (κ1) is 14.6. The van der Waals surface area contributed by atoms with Crippen molar-refractivity contribution in [1.29, 1.82) is 0 Å². The third kappa shape index (κ3) is 3.02. The number of benzene rings is 2.